The Morgan fingerprint density at radius 3 is 2.70 bits per heavy atom. The summed E-state index contributed by atoms with van der Waals surface area (Å²) in [6.45, 7) is 1.09. The van der Waals surface area contributed by atoms with E-state index in [0.717, 1.165) is 13.0 Å². The van der Waals surface area contributed by atoms with Crippen LogP contribution in [0.5, 0.6) is 0 Å². The van der Waals surface area contributed by atoms with Gasteiger partial charge in [0.05, 0.1) is 6.04 Å². The second-order valence-electron chi connectivity index (χ2n) is 2.95. The number of piperidine rings is 1. The minimum atomic E-state index is 0.216. The Morgan fingerprint density at radius 2 is 2.30 bits per heavy atom. The number of hydrogen-bond donors (Lipinski definition) is 2. The Balaban J connectivity index is 2.47. The molecule has 1 aliphatic heterocycles. The molecule has 0 radical (unpaired) electrons. The molecule has 0 saturated carbocycles. The van der Waals surface area contributed by atoms with E-state index in [1.54, 1.807) is 0 Å². The van der Waals surface area contributed by atoms with E-state index < -0.39 is 0 Å². The summed E-state index contributed by atoms with van der Waals surface area (Å²) >= 11 is 0. The lowest BCUT2D eigenvalue weighted by atomic mass is 10.0. The van der Waals surface area contributed by atoms with E-state index in [0.29, 0.717) is 5.84 Å². The van der Waals surface area contributed by atoms with Gasteiger partial charge in [-0.25, -0.2) is 0 Å². The largest absolute Gasteiger partial charge is 0.386 e. The topological polar surface area (TPSA) is 53.1 Å². The number of likely N-dealkylation sites (N-methyl/N-ethyl adjacent to an activating group) is 1. The molecule has 3 N–H and O–H groups in total. The van der Waals surface area contributed by atoms with Gasteiger partial charge in [-0.15, -0.1) is 0 Å². The maximum absolute atomic E-state index is 7.26. The second kappa shape index (κ2) is 3.01. The number of nitrogens with one attached hydrogen (secondary N) is 1. The van der Waals surface area contributed by atoms with Gasteiger partial charge in [0.25, 0.3) is 0 Å². The molecule has 0 aromatic heterocycles. The van der Waals surface area contributed by atoms with Gasteiger partial charge in [-0.05, 0) is 26.4 Å². The normalized spacial score (nSPS) is 28.3. The van der Waals surface area contributed by atoms with Crippen LogP contribution in [0.15, 0.2) is 0 Å². The minimum Gasteiger partial charge on any atom is -0.386 e. The smallest absolute Gasteiger partial charge is 0.108 e. The number of amidine groups is 1. The van der Waals surface area contributed by atoms with E-state index in [4.69, 9.17) is 11.1 Å². The number of likely N-dealkylation sites (tertiary alicyclic amines) is 1. The van der Waals surface area contributed by atoms with Crippen molar-refractivity contribution in [1.82, 2.24) is 4.90 Å². The first-order chi connectivity index (χ1) is 4.72. The summed E-state index contributed by atoms with van der Waals surface area (Å²) < 4.78 is 0. The Kier molecular flexibility index (Phi) is 2.27. The molecule has 0 aromatic carbocycles. The number of nitrogens with two attached hydrogens (primary N) is 1. The van der Waals surface area contributed by atoms with Crippen LogP contribution in [-0.4, -0.2) is 30.4 Å². The summed E-state index contributed by atoms with van der Waals surface area (Å²) in [5.74, 6) is 0.321. The molecule has 0 bridgehead atoms. The molecule has 58 valence electrons. The van der Waals surface area contributed by atoms with E-state index in [1.807, 2.05) is 7.05 Å². The van der Waals surface area contributed by atoms with E-state index in [1.165, 1.54) is 12.8 Å². The predicted molar refractivity (Wildman–Crippen MR) is 42.2 cm³/mol. The molecular formula is C7H15N3. The highest BCUT2D eigenvalue weighted by Gasteiger charge is 2.20. The van der Waals surface area contributed by atoms with Crippen LogP contribution >= 0.6 is 0 Å². The van der Waals surface area contributed by atoms with Crippen molar-refractivity contribution in [3.8, 4) is 0 Å². The lowest BCUT2D eigenvalue weighted by Gasteiger charge is -2.31. The Hall–Kier alpha value is -0.570. The quantitative estimate of drug-likeness (QED) is 0.410. The van der Waals surface area contributed by atoms with Crippen molar-refractivity contribution in [2.24, 2.45) is 5.73 Å². The fraction of sp³-hybridized carbons (Fsp3) is 0.857. The van der Waals surface area contributed by atoms with E-state index >= 15 is 0 Å². The van der Waals surface area contributed by atoms with Crippen LogP contribution in [-0.2, 0) is 0 Å². The summed E-state index contributed by atoms with van der Waals surface area (Å²) in [6, 6.07) is 0.216. The summed E-state index contributed by atoms with van der Waals surface area (Å²) in [4.78, 5) is 2.16. The minimum absolute atomic E-state index is 0.216. The molecular weight excluding hydrogens is 126 g/mol. The molecule has 0 spiro atoms. The highest BCUT2D eigenvalue weighted by molar-refractivity contribution is 5.82. The van der Waals surface area contributed by atoms with Crippen molar-refractivity contribution < 1.29 is 0 Å². The standard InChI is InChI=1S/C7H15N3/c1-10-5-3-2-4-6(10)7(8)9/h6H,2-5H2,1H3,(H3,8,9)/t6-/m0/s1. The third-order valence-corrected chi connectivity index (χ3v) is 2.13. The van der Waals surface area contributed by atoms with Crippen LogP contribution < -0.4 is 5.73 Å². The fourth-order valence-corrected chi connectivity index (χ4v) is 1.47. The summed E-state index contributed by atoms with van der Waals surface area (Å²) in [7, 11) is 2.03. The third-order valence-electron chi connectivity index (χ3n) is 2.13. The first-order valence-electron chi connectivity index (χ1n) is 3.76. The van der Waals surface area contributed by atoms with Crippen molar-refractivity contribution >= 4 is 5.84 Å². The van der Waals surface area contributed by atoms with E-state index in [-0.39, 0.29) is 6.04 Å². The van der Waals surface area contributed by atoms with Gasteiger partial charge in [-0.2, -0.15) is 0 Å². The second-order valence-corrected chi connectivity index (χ2v) is 2.95. The van der Waals surface area contributed by atoms with Gasteiger partial charge in [0, 0.05) is 0 Å². The number of hydrogen-bond acceptors (Lipinski definition) is 2. The fourth-order valence-electron chi connectivity index (χ4n) is 1.47. The van der Waals surface area contributed by atoms with Gasteiger partial charge in [0.15, 0.2) is 0 Å². The van der Waals surface area contributed by atoms with Crippen LogP contribution in [0.3, 0.4) is 0 Å². The first-order valence-corrected chi connectivity index (χ1v) is 3.76. The molecule has 0 unspecified atom stereocenters. The molecule has 3 nitrogen and oxygen atoms in total. The van der Waals surface area contributed by atoms with Gasteiger partial charge < -0.3 is 5.73 Å². The van der Waals surface area contributed by atoms with Crippen LogP contribution in [0.2, 0.25) is 0 Å². The zero-order valence-corrected chi connectivity index (χ0v) is 6.43. The highest BCUT2D eigenvalue weighted by Crippen LogP contribution is 2.13. The maximum atomic E-state index is 7.26. The Morgan fingerprint density at radius 1 is 1.60 bits per heavy atom. The molecule has 1 saturated heterocycles. The lowest BCUT2D eigenvalue weighted by molar-refractivity contribution is 0.234. The molecule has 0 amide bonds. The SMILES string of the molecule is CN1CCCC[C@H]1C(=N)N. The molecule has 1 heterocycles. The molecule has 10 heavy (non-hydrogen) atoms. The van der Waals surface area contributed by atoms with Crippen LogP contribution in [0.25, 0.3) is 0 Å². The lowest BCUT2D eigenvalue weighted by Crippen LogP contribution is -2.44. The summed E-state index contributed by atoms with van der Waals surface area (Å²) in [6.07, 6.45) is 3.53. The van der Waals surface area contributed by atoms with Crippen molar-refractivity contribution in [2.75, 3.05) is 13.6 Å². The van der Waals surface area contributed by atoms with Gasteiger partial charge in [-0.3, -0.25) is 10.3 Å². The Bertz CT molecular complexity index is 133. The third kappa shape index (κ3) is 1.48. The maximum Gasteiger partial charge on any atom is 0.108 e. The van der Waals surface area contributed by atoms with Crippen LogP contribution in [0.1, 0.15) is 19.3 Å². The molecule has 1 rings (SSSR count). The van der Waals surface area contributed by atoms with Crippen molar-refractivity contribution in [3.63, 3.8) is 0 Å². The van der Waals surface area contributed by atoms with Gasteiger partial charge >= 0.3 is 0 Å². The van der Waals surface area contributed by atoms with Gasteiger partial charge in [-0.1, -0.05) is 6.42 Å². The van der Waals surface area contributed by atoms with E-state index in [9.17, 15) is 0 Å². The van der Waals surface area contributed by atoms with Gasteiger partial charge in [0.2, 0.25) is 0 Å². The van der Waals surface area contributed by atoms with E-state index in [2.05, 4.69) is 4.90 Å². The predicted octanol–water partition coefficient (Wildman–Crippen LogP) is 0.407. The first kappa shape index (κ1) is 7.54. The van der Waals surface area contributed by atoms with Crippen LogP contribution in [0.4, 0.5) is 0 Å². The number of nitrogens with zero attached hydrogens (tertiary/aromatic N) is 1. The Labute approximate surface area is 61.7 Å². The van der Waals surface area contributed by atoms with Gasteiger partial charge in [0.1, 0.15) is 5.84 Å². The summed E-state index contributed by atoms with van der Waals surface area (Å²) in [5.41, 5.74) is 5.40. The number of rotatable bonds is 1. The molecule has 3 heteroatoms. The average Bonchev–Trinajstić information content (AvgIpc) is 1.88. The average molecular weight is 141 g/mol. The van der Waals surface area contributed by atoms with Crippen molar-refractivity contribution in [3.05, 3.63) is 0 Å². The van der Waals surface area contributed by atoms with Crippen molar-refractivity contribution in [1.29, 1.82) is 5.41 Å². The zero-order valence-electron chi connectivity index (χ0n) is 6.43. The molecule has 1 fully saturated rings. The van der Waals surface area contributed by atoms with Crippen LogP contribution in [0, 0.1) is 5.41 Å². The molecule has 1 aliphatic rings. The van der Waals surface area contributed by atoms with Crippen molar-refractivity contribution in [2.45, 2.75) is 25.3 Å². The monoisotopic (exact) mass is 141 g/mol. The molecule has 0 aromatic rings. The molecule has 0 aliphatic carbocycles. The highest BCUT2D eigenvalue weighted by atomic mass is 15.2. The molecule has 1 atom stereocenters. The summed E-state index contributed by atoms with van der Waals surface area (Å²) in [5, 5.41) is 7.26. The zero-order chi connectivity index (χ0) is 7.56.